The molecule has 1 aliphatic heterocycles. The van der Waals surface area contributed by atoms with E-state index < -0.39 is 12.0 Å². The molecule has 8 heteroatoms. The molecule has 1 aromatic rings. The predicted octanol–water partition coefficient (Wildman–Crippen LogP) is 1.88. The van der Waals surface area contributed by atoms with Crippen molar-refractivity contribution < 1.29 is 24.3 Å². The number of hydrogen-bond acceptors (Lipinski definition) is 5. The average Bonchev–Trinajstić information content (AvgIpc) is 2.58. The lowest BCUT2D eigenvalue weighted by molar-refractivity contribution is -0.137. The Bertz CT molecular complexity index is 672. The van der Waals surface area contributed by atoms with Gasteiger partial charge in [0.2, 0.25) is 17.7 Å². The summed E-state index contributed by atoms with van der Waals surface area (Å²) < 4.78 is 0. The van der Waals surface area contributed by atoms with E-state index in [0.29, 0.717) is 44.2 Å². The van der Waals surface area contributed by atoms with Crippen molar-refractivity contribution in [1.82, 2.24) is 5.32 Å². The van der Waals surface area contributed by atoms with Crippen LogP contribution in [0.4, 0.5) is 11.4 Å². The SMILES string of the molecule is O=C(O)CCCCCC(=O)Nc1ccc(NC2CCC(=O)NC2=O)cc1. The van der Waals surface area contributed by atoms with Gasteiger partial charge in [-0.15, -0.1) is 0 Å². The van der Waals surface area contributed by atoms with Crippen molar-refractivity contribution in [3.05, 3.63) is 24.3 Å². The topological polar surface area (TPSA) is 125 Å². The molecule has 8 nitrogen and oxygen atoms in total. The second kappa shape index (κ2) is 9.55. The van der Waals surface area contributed by atoms with Crippen molar-refractivity contribution in [1.29, 1.82) is 0 Å². The molecule has 1 saturated heterocycles. The Morgan fingerprint density at radius 1 is 1.04 bits per heavy atom. The standard InChI is InChI=1S/C18H23N3O5/c22-15(4-2-1-3-5-17(24)25)20-13-8-6-12(7-9-13)19-14-10-11-16(23)21-18(14)26/h6-9,14,19H,1-5,10-11H2,(H,20,22)(H,24,25)(H,21,23,26). The quantitative estimate of drug-likeness (QED) is 0.393. The molecule has 1 unspecified atom stereocenters. The number of rotatable bonds is 9. The molecule has 0 aromatic heterocycles. The Kier molecular flexibility index (Phi) is 7.13. The fourth-order valence-corrected chi connectivity index (χ4v) is 2.64. The maximum Gasteiger partial charge on any atom is 0.303 e. The highest BCUT2D eigenvalue weighted by atomic mass is 16.4. The first kappa shape index (κ1) is 19.4. The van der Waals surface area contributed by atoms with Crippen LogP contribution in [0.25, 0.3) is 0 Å². The molecule has 2 rings (SSSR count). The lowest BCUT2D eigenvalue weighted by atomic mass is 10.1. The second-order valence-corrected chi connectivity index (χ2v) is 6.23. The van der Waals surface area contributed by atoms with Gasteiger partial charge in [0.1, 0.15) is 6.04 Å². The number of carboxylic acid groups (broad SMARTS) is 1. The van der Waals surface area contributed by atoms with Crippen LogP contribution < -0.4 is 16.0 Å². The van der Waals surface area contributed by atoms with Gasteiger partial charge in [0.05, 0.1) is 0 Å². The molecule has 140 valence electrons. The zero-order valence-corrected chi connectivity index (χ0v) is 14.4. The zero-order chi connectivity index (χ0) is 18.9. The summed E-state index contributed by atoms with van der Waals surface area (Å²) in [6.07, 6.45) is 3.15. The molecule has 1 heterocycles. The second-order valence-electron chi connectivity index (χ2n) is 6.23. The Balaban J connectivity index is 1.73. The van der Waals surface area contributed by atoms with E-state index in [9.17, 15) is 19.2 Å². The molecule has 1 fully saturated rings. The van der Waals surface area contributed by atoms with Gasteiger partial charge in [-0.2, -0.15) is 0 Å². The third kappa shape index (κ3) is 6.54. The van der Waals surface area contributed by atoms with E-state index in [0.717, 1.165) is 5.69 Å². The van der Waals surface area contributed by atoms with E-state index in [-0.39, 0.29) is 24.1 Å². The highest BCUT2D eigenvalue weighted by Crippen LogP contribution is 2.17. The molecule has 3 amide bonds. The summed E-state index contributed by atoms with van der Waals surface area (Å²) in [5.74, 6) is -1.53. The molecular formula is C18H23N3O5. The molecule has 1 atom stereocenters. The van der Waals surface area contributed by atoms with E-state index in [1.54, 1.807) is 24.3 Å². The zero-order valence-electron chi connectivity index (χ0n) is 14.4. The summed E-state index contributed by atoms with van der Waals surface area (Å²) in [5, 5.41) is 16.7. The van der Waals surface area contributed by atoms with Crippen LogP contribution in [0.2, 0.25) is 0 Å². The molecule has 0 aliphatic carbocycles. The minimum Gasteiger partial charge on any atom is -0.481 e. The van der Waals surface area contributed by atoms with Crippen LogP contribution in [0.1, 0.15) is 44.9 Å². The smallest absolute Gasteiger partial charge is 0.303 e. The fourth-order valence-electron chi connectivity index (χ4n) is 2.64. The number of nitrogens with one attached hydrogen (secondary N) is 3. The average molecular weight is 361 g/mol. The highest BCUT2D eigenvalue weighted by molar-refractivity contribution is 6.01. The lowest BCUT2D eigenvalue weighted by Gasteiger charge is -2.22. The molecule has 1 aliphatic rings. The van der Waals surface area contributed by atoms with E-state index in [4.69, 9.17) is 5.11 Å². The number of imide groups is 1. The van der Waals surface area contributed by atoms with Gasteiger partial charge in [-0.05, 0) is 43.5 Å². The van der Waals surface area contributed by atoms with E-state index in [2.05, 4.69) is 16.0 Å². The summed E-state index contributed by atoms with van der Waals surface area (Å²) in [6, 6.07) is 6.53. The Morgan fingerprint density at radius 3 is 2.35 bits per heavy atom. The molecule has 0 spiro atoms. The monoisotopic (exact) mass is 361 g/mol. The van der Waals surface area contributed by atoms with Crippen molar-refractivity contribution in [3.8, 4) is 0 Å². The first-order valence-corrected chi connectivity index (χ1v) is 8.66. The summed E-state index contributed by atoms with van der Waals surface area (Å²) in [5.41, 5.74) is 1.38. The molecule has 0 radical (unpaired) electrons. The van der Waals surface area contributed by atoms with Crippen LogP contribution in [0.5, 0.6) is 0 Å². The number of aliphatic carboxylic acids is 1. The van der Waals surface area contributed by atoms with Gasteiger partial charge in [-0.1, -0.05) is 6.42 Å². The number of piperidine rings is 1. The summed E-state index contributed by atoms with van der Waals surface area (Å²) in [7, 11) is 0. The maximum absolute atomic E-state index is 11.9. The Labute approximate surface area is 151 Å². The van der Waals surface area contributed by atoms with Crippen molar-refractivity contribution in [3.63, 3.8) is 0 Å². The van der Waals surface area contributed by atoms with Crippen LogP contribution in [-0.2, 0) is 19.2 Å². The number of amides is 3. The normalized spacial score (nSPS) is 16.7. The molecule has 0 bridgehead atoms. The van der Waals surface area contributed by atoms with Gasteiger partial charge >= 0.3 is 5.97 Å². The molecule has 26 heavy (non-hydrogen) atoms. The Hall–Kier alpha value is -2.90. The third-order valence-electron chi connectivity index (χ3n) is 4.04. The molecular weight excluding hydrogens is 338 g/mol. The van der Waals surface area contributed by atoms with Gasteiger partial charge < -0.3 is 15.7 Å². The lowest BCUT2D eigenvalue weighted by Crippen LogP contribution is -2.47. The minimum atomic E-state index is -0.819. The van der Waals surface area contributed by atoms with Crippen LogP contribution >= 0.6 is 0 Å². The highest BCUT2D eigenvalue weighted by Gasteiger charge is 2.26. The fraction of sp³-hybridized carbons (Fsp3) is 0.444. The number of carbonyl (C=O) groups is 4. The molecule has 0 saturated carbocycles. The summed E-state index contributed by atoms with van der Waals surface area (Å²) in [4.78, 5) is 45.1. The van der Waals surface area contributed by atoms with Crippen LogP contribution in [0.3, 0.4) is 0 Å². The number of carbonyl (C=O) groups excluding carboxylic acids is 3. The number of unbranched alkanes of at least 4 members (excludes halogenated alkanes) is 2. The maximum atomic E-state index is 11.9. The predicted molar refractivity (Wildman–Crippen MR) is 95.6 cm³/mol. The largest absolute Gasteiger partial charge is 0.481 e. The van der Waals surface area contributed by atoms with Crippen LogP contribution in [0, 0.1) is 0 Å². The summed E-state index contributed by atoms with van der Waals surface area (Å²) >= 11 is 0. The van der Waals surface area contributed by atoms with Crippen molar-refractivity contribution in [2.45, 2.75) is 51.0 Å². The Morgan fingerprint density at radius 2 is 1.69 bits per heavy atom. The minimum absolute atomic E-state index is 0.119. The third-order valence-corrected chi connectivity index (χ3v) is 4.04. The number of carboxylic acids is 1. The van der Waals surface area contributed by atoms with Gasteiger partial charge in [0.25, 0.3) is 0 Å². The van der Waals surface area contributed by atoms with Crippen LogP contribution in [-0.4, -0.2) is 34.8 Å². The first-order chi connectivity index (χ1) is 12.4. The van der Waals surface area contributed by atoms with Crippen molar-refractivity contribution >= 4 is 35.1 Å². The number of benzene rings is 1. The van der Waals surface area contributed by atoms with E-state index in [1.165, 1.54) is 0 Å². The van der Waals surface area contributed by atoms with Gasteiger partial charge in [-0.3, -0.25) is 24.5 Å². The number of hydrogen-bond donors (Lipinski definition) is 4. The van der Waals surface area contributed by atoms with Gasteiger partial charge in [-0.25, -0.2) is 0 Å². The van der Waals surface area contributed by atoms with Gasteiger partial charge in [0.15, 0.2) is 0 Å². The first-order valence-electron chi connectivity index (χ1n) is 8.66. The van der Waals surface area contributed by atoms with Gasteiger partial charge in [0, 0.05) is 30.6 Å². The van der Waals surface area contributed by atoms with E-state index in [1.807, 2.05) is 0 Å². The number of anilines is 2. The van der Waals surface area contributed by atoms with Crippen molar-refractivity contribution in [2.24, 2.45) is 0 Å². The summed E-state index contributed by atoms with van der Waals surface area (Å²) in [6.45, 7) is 0. The van der Waals surface area contributed by atoms with E-state index >= 15 is 0 Å². The molecule has 4 N–H and O–H groups in total. The van der Waals surface area contributed by atoms with Crippen molar-refractivity contribution in [2.75, 3.05) is 10.6 Å². The van der Waals surface area contributed by atoms with Crippen LogP contribution in [0.15, 0.2) is 24.3 Å². The molecule has 1 aromatic carbocycles.